The molecule has 1 N–H and O–H groups in total. The van der Waals surface area contributed by atoms with Crippen LogP contribution in [0.15, 0.2) is 54.6 Å². The molecule has 5 nitrogen and oxygen atoms in total. The molecule has 172 valence electrons. The molecule has 0 saturated carbocycles. The first-order valence-corrected chi connectivity index (χ1v) is 11.5. The van der Waals surface area contributed by atoms with Crippen LogP contribution in [0.3, 0.4) is 0 Å². The second-order valence-electron chi connectivity index (χ2n) is 8.16. The normalized spacial score (nSPS) is 12.2. The van der Waals surface area contributed by atoms with Gasteiger partial charge < -0.3 is 19.1 Å². The predicted octanol–water partition coefficient (Wildman–Crippen LogP) is 6.29. The summed E-state index contributed by atoms with van der Waals surface area (Å²) in [7, 11) is 0. The maximum atomic E-state index is 10.8. The van der Waals surface area contributed by atoms with Crippen molar-refractivity contribution < 1.29 is 14.6 Å². The summed E-state index contributed by atoms with van der Waals surface area (Å²) in [4.78, 5) is 4.70. The van der Waals surface area contributed by atoms with Crippen LogP contribution in [0.2, 0.25) is 10.0 Å². The summed E-state index contributed by atoms with van der Waals surface area (Å²) >= 11 is 12.2. The van der Waals surface area contributed by atoms with Crippen molar-refractivity contribution in [3.8, 4) is 11.5 Å². The van der Waals surface area contributed by atoms with E-state index in [0.717, 1.165) is 27.9 Å². The van der Waals surface area contributed by atoms with E-state index in [-0.39, 0.29) is 13.2 Å². The molecule has 1 aromatic heterocycles. The number of aryl methyl sites for hydroxylation is 2. The van der Waals surface area contributed by atoms with E-state index < -0.39 is 6.10 Å². The van der Waals surface area contributed by atoms with Crippen LogP contribution in [0.1, 0.15) is 22.5 Å². The Morgan fingerprint density at radius 1 is 0.970 bits per heavy atom. The van der Waals surface area contributed by atoms with Crippen LogP contribution in [-0.2, 0) is 13.2 Å². The minimum atomic E-state index is -0.735. The number of nitrogens with zero attached hydrogens (tertiary/aromatic N) is 2. The van der Waals surface area contributed by atoms with Crippen molar-refractivity contribution in [1.29, 1.82) is 0 Å². The van der Waals surface area contributed by atoms with Gasteiger partial charge in [0.25, 0.3) is 0 Å². The van der Waals surface area contributed by atoms with Gasteiger partial charge in [-0.05, 0) is 73.9 Å². The van der Waals surface area contributed by atoms with Gasteiger partial charge in [0.15, 0.2) is 0 Å². The minimum Gasteiger partial charge on any atom is -0.491 e. The summed E-state index contributed by atoms with van der Waals surface area (Å²) in [6.07, 6.45) is -0.735. The highest BCUT2D eigenvalue weighted by Gasteiger charge is 2.16. The van der Waals surface area contributed by atoms with Gasteiger partial charge in [-0.2, -0.15) is 0 Å². The maximum Gasteiger partial charge on any atom is 0.148 e. The molecule has 1 atom stereocenters. The van der Waals surface area contributed by atoms with Crippen LogP contribution < -0.4 is 9.47 Å². The van der Waals surface area contributed by atoms with E-state index in [4.69, 9.17) is 37.7 Å². The number of aliphatic hydroxyl groups is 1. The first kappa shape index (κ1) is 23.4. The zero-order chi connectivity index (χ0) is 23.5. The highest BCUT2D eigenvalue weighted by atomic mass is 35.5. The van der Waals surface area contributed by atoms with E-state index >= 15 is 0 Å². The van der Waals surface area contributed by atoms with E-state index in [9.17, 15) is 5.11 Å². The third kappa shape index (κ3) is 5.44. The standard InChI is InChI=1S/C26H26Cl2N2O3/c1-16-10-17(2)18(3)25(11-16)32-14-20(31)13-30-23-7-5-4-6-22(23)29-26(30)15-33-24-9-8-19(27)12-21(24)28/h4-12,20,31H,13-15H2,1-3H3. The molecule has 0 aliphatic carbocycles. The van der Waals surface area contributed by atoms with E-state index in [0.29, 0.717) is 28.2 Å². The van der Waals surface area contributed by atoms with E-state index in [1.165, 1.54) is 5.56 Å². The molecule has 1 heterocycles. The summed E-state index contributed by atoms with van der Waals surface area (Å²) in [6.45, 7) is 6.79. The van der Waals surface area contributed by atoms with Crippen molar-refractivity contribution in [2.45, 2.75) is 40.0 Å². The number of halogens is 2. The fourth-order valence-corrected chi connectivity index (χ4v) is 4.24. The van der Waals surface area contributed by atoms with E-state index in [1.807, 2.05) is 48.7 Å². The van der Waals surface area contributed by atoms with Gasteiger partial charge in [-0.25, -0.2) is 4.98 Å². The molecule has 0 spiro atoms. The fourth-order valence-electron chi connectivity index (χ4n) is 3.77. The molecular weight excluding hydrogens is 459 g/mol. The quantitative estimate of drug-likeness (QED) is 0.319. The highest BCUT2D eigenvalue weighted by molar-refractivity contribution is 6.35. The topological polar surface area (TPSA) is 56.5 Å². The SMILES string of the molecule is Cc1cc(C)c(C)c(OCC(O)Cn2c(COc3ccc(Cl)cc3Cl)nc3ccccc32)c1. The Kier molecular flexibility index (Phi) is 7.13. The van der Waals surface area contributed by atoms with Gasteiger partial charge in [0.05, 0.1) is 22.6 Å². The van der Waals surface area contributed by atoms with Crippen LogP contribution >= 0.6 is 23.2 Å². The van der Waals surface area contributed by atoms with Gasteiger partial charge in [-0.15, -0.1) is 0 Å². The number of hydrogen-bond donors (Lipinski definition) is 1. The molecule has 0 radical (unpaired) electrons. The molecule has 33 heavy (non-hydrogen) atoms. The number of imidazole rings is 1. The Balaban J connectivity index is 1.51. The van der Waals surface area contributed by atoms with Gasteiger partial charge in [0.2, 0.25) is 0 Å². The van der Waals surface area contributed by atoms with Gasteiger partial charge in [0, 0.05) is 5.02 Å². The number of fused-ring (bicyclic) bond motifs is 1. The van der Waals surface area contributed by atoms with E-state index in [2.05, 4.69) is 13.0 Å². The summed E-state index contributed by atoms with van der Waals surface area (Å²) in [5, 5.41) is 11.8. The molecule has 0 fully saturated rings. The second kappa shape index (κ2) is 10.0. The third-order valence-electron chi connectivity index (χ3n) is 5.57. The number of benzene rings is 3. The van der Waals surface area contributed by atoms with Crippen LogP contribution in [0.25, 0.3) is 11.0 Å². The number of hydrogen-bond acceptors (Lipinski definition) is 4. The summed E-state index contributed by atoms with van der Waals surface area (Å²) in [6, 6.07) is 17.0. The van der Waals surface area contributed by atoms with Crippen LogP contribution in [-0.4, -0.2) is 27.4 Å². The Labute approximate surface area is 203 Å². The van der Waals surface area contributed by atoms with Crippen LogP contribution in [0.4, 0.5) is 0 Å². The van der Waals surface area contributed by atoms with Crippen molar-refractivity contribution in [3.05, 3.63) is 87.2 Å². The lowest BCUT2D eigenvalue weighted by Gasteiger charge is -2.18. The summed E-state index contributed by atoms with van der Waals surface area (Å²) in [5.41, 5.74) is 5.12. The van der Waals surface area contributed by atoms with Gasteiger partial charge in [0.1, 0.15) is 36.6 Å². The number of ether oxygens (including phenoxy) is 2. The number of aliphatic hydroxyl groups excluding tert-OH is 1. The molecule has 3 aromatic carbocycles. The van der Waals surface area contributed by atoms with Crippen molar-refractivity contribution >= 4 is 34.2 Å². The molecule has 0 aliphatic rings. The number of para-hydroxylation sites is 2. The lowest BCUT2D eigenvalue weighted by Crippen LogP contribution is -2.25. The molecule has 0 saturated heterocycles. The van der Waals surface area contributed by atoms with Gasteiger partial charge in [-0.1, -0.05) is 41.4 Å². The Hall–Kier alpha value is -2.73. The van der Waals surface area contributed by atoms with Crippen LogP contribution in [0.5, 0.6) is 11.5 Å². The minimum absolute atomic E-state index is 0.166. The Morgan fingerprint density at radius 3 is 2.55 bits per heavy atom. The smallest absolute Gasteiger partial charge is 0.148 e. The van der Waals surface area contributed by atoms with Crippen molar-refractivity contribution in [3.63, 3.8) is 0 Å². The van der Waals surface area contributed by atoms with Gasteiger partial charge >= 0.3 is 0 Å². The van der Waals surface area contributed by atoms with E-state index in [1.54, 1.807) is 18.2 Å². The van der Waals surface area contributed by atoms with Crippen molar-refractivity contribution in [2.75, 3.05) is 6.61 Å². The summed E-state index contributed by atoms with van der Waals surface area (Å²) < 4.78 is 13.8. The average molecular weight is 485 g/mol. The molecule has 0 aliphatic heterocycles. The Morgan fingerprint density at radius 2 is 1.76 bits per heavy atom. The highest BCUT2D eigenvalue weighted by Crippen LogP contribution is 2.29. The molecular formula is C26H26Cl2N2O3. The number of aromatic nitrogens is 2. The maximum absolute atomic E-state index is 10.8. The second-order valence-corrected chi connectivity index (χ2v) is 9.00. The molecule has 0 bridgehead atoms. The fraction of sp³-hybridized carbons (Fsp3) is 0.269. The zero-order valence-electron chi connectivity index (χ0n) is 18.8. The third-order valence-corrected chi connectivity index (χ3v) is 6.10. The first-order valence-electron chi connectivity index (χ1n) is 10.7. The molecule has 7 heteroatoms. The van der Waals surface area contributed by atoms with Crippen LogP contribution in [0, 0.1) is 20.8 Å². The molecule has 0 amide bonds. The largest absolute Gasteiger partial charge is 0.491 e. The van der Waals surface area contributed by atoms with Crippen molar-refractivity contribution in [2.24, 2.45) is 0 Å². The Bertz CT molecular complexity index is 1290. The lowest BCUT2D eigenvalue weighted by atomic mass is 10.1. The predicted molar refractivity (Wildman–Crippen MR) is 133 cm³/mol. The number of rotatable bonds is 8. The lowest BCUT2D eigenvalue weighted by molar-refractivity contribution is 0.0914. The van der Waals surface area contributed by atoms with Gasteiger partial charge in [-0.3, -0.25) is 0 Å². The molecule has 4 aromatic rings. The molecule has 1 unspecified atom stereocenters. The average Bonchev–Trinajstić information content (AvgIpc) is 3.12. The zero-order valence-corrected chi connectivity index (χ0v) is 20.3. The monoisotopic (exact) mass is 484 g/mol. The summed E-state index contributed by atoms with van der Waals surface area (Å²) in [5.74, 6) is 2.00. The first-order chi connectivity index (χ1) is 15.8. The van der Waals surface area contributed by atoms with Crippen molar-refractivity contribution in [1.82, 2.24) is 9.55 Å². The molecule has 4 rings (SSSR count).